The Balaban J connectivity index is 1.94. The van der Waals surface area contributed by atoms with Gasteiger partial charge in [-0.3, -0.25) is 4.79 Å². The summed E-state index contributed by atoms with van der Waals surface area (Å²) < 4.78 is 5.85. The van der Waals surface area contributed by atoms with E-state index in [1.807, 2.05) is 38.1 Å². The molecule has 0 unspecified atom stereocenters. The second-order valence-electron chi connectivity index (χ2n) is 6.56. The number of ether oxygens (including phenoxy) is 1. The number of anilines is 1. The smallest absolute Gasteiger partial charge is 0.270 e. The van der Waals surface area contributed by atoms with Crippen molar-refractivity contribution in [3.05, 3.63) is 95.1 Å². The van der Waals surface area contributed by atoms with E-state index in [4.69, 9.17) is 4.74 Å². The number of hydrogen-bond donors (Lipinski definition) is 1. The molecule has 3 rings (SSSR count). The standard InChI is InChI=1S/C23H21NO4/c1-15-12-16(2)14-18(13-15)24-22(25)21(17-8-4-3-5-9-17)28-20-11-7-6-10-19(20)23(26)27/h3-14,21H,1-2H3,(H,24,25)(H,26,27)/p-1/t21-/m1/s1. The van der Waals surface area contributed by atoms with Gasteiger partial charge in [-0.1, -0.05) is 48.5 Å². The van der Waals surface area contributed by atoms with E-state index in [9.17, 15) is 14.7 Å². The van der Waals surface area contributed by atoms with Crippen LogP contribution < -0.4 is 15.2 Å². The predicted molar refractivity (Wildman–Crippen MR) is 105 cm³/mol. The fourth-order valence-electron chi connectivity index (χ4n) is 3.02. The van der Waals surface area contributed by atoms with E-state index in [1.54, 1.807) is 36.4 Å². The largest absolute Gasteiger partial charge is 0.545 e. The number of para-hydroxylation sites is 1. The van der Waals surface area contributed by atoms with Crippen LogP contribution in [0.4, 0.5) is 5.69 Å². The van der Waals surface area contributed by atoms with Gasteiger partial charge in [-0.05, 0) is 49.2 Å². The Labute approximate surface area is 163 Å². The molecular formula is C23H20NO4-. The molecular weight excluding hydrogens is 354 g/mol. The Hall–Kier alpha value is -3.60. The maximum Gasteiger partial charge on any atom is 0.270 e. The minimum Gasteiger partial charge on any atom is -0.545 e. The van der Waals surface area contributed by atoms with E-state index in [1.165, 1.54) is 12.1 Å². The summed E-state index contributed by atoms with van der Waals surface area (Å²) in [5.74, 6) is -1.69. The second-order valence-corrected chi connectivity index (χ2v) is 6.56. The van der Waals surface area contributed by atoms with Gasteiger partial charge < -0.3 is 20.0 Å². The van der Waals surface area contributed by atoms with Crippen LogP contribution in [0.3, 0.4) is 0 Å². The molecule has 0 spiro atoms. The van der Waals surface area contributed by atoms with Crippen molar-refractivity contribution in [1.29, 1.82) is 0 Å². The number of nitrogens with one attached hydrogen (secondary N) is 1. The van der Waals surface area contributed by atoms with Gasteiger partial charge in [0.15, 0.2) is 0 Å². The summed E-state index contributed by atoms with van der Waals surface area (Å²) in [4.78, 5) is 24.4. The van der Waals surface area contributed by atoms with Gasteiger partial charge in [-0.15, -0.1) is 0 Å². The summed E-state index contributed by atoms with van der Waals surface area (Å²) in [5.41, 5.74) is 3.20. The van der Waals surface area contributed by atoms with Gasteiger partial charge >= 0.3 is 0 Å². The molecule has 0 radical (unpaired) electrons. The topological polar surface area (TPSA) is 78.5 Å². The lowest BCUT2D eigenvalue weighted by atomic mass is 10.1. The van der Waals surface area contributed by atoms with E-state index in [0.717, 1.165) is 11.1 Å². The minimum atomic E-state index is -1.36. The quantitative estimate of drug-likeness (QED) is 0.717. The van der Waals surface area contributed by atoms with Gasteiger partial charge in [0.1, 0.15) is 5.75 Å². The zero-order chi connectivity index (χ0) is 20.1. The van der Waals surface area contributed by atoms with Gasteiger partial charge in [0.05, 0.1) is 5.97 Å². The molecule has 5 nitrogen and oxygen atoms in total. The van der Waals surface area contributed by atoms with Crippen molar-refractivity contribution in [2.45, 2.75) is 20.0 Å². The first-order chi connectivity index (χ1) is 13.4. The van der Waals surface area contributed by atoms with Crippen LogP contribution >= 0.6 is 0 Å². The third-order valence-corrected chi connectivity index (χ3v) is 4.18. The number of benzene rings is 3. The molecule has 0 bridgehead atoms. The molecule has 0 saturated carbocycles. The van der Waals surface area contributed by atoms with E-state index < -0.39 is 18.0 Å². The Morgan fingerprint density at radius 2 is 1.50 bits per heavy atom. The first kappa shape index (κ1) is 19.2. The van der Waals surface area contributed by atoms with Gasteiger partial charge in [0.2, 0.25) is 6.10 Å². The molecule has 3 aromatic rings. The summed E-state index contributed by atoms with van der Waals surface area (Å²) in [6, 6.07) is 20.8. The van der Waals surface area contributed by atoms with E-state index in [-0.39, 0.29) is 11.3 Å². The predicted octanol–water partition coefficient (Wildman–Crippen LogP) is 3.43. The van der Waals surface area contributed by atoms with Gasteiger partial charge in [0, 0.05) is 16.8 Å². The third kappa shape index (κ3) is 4.57. The van der Waals surface area contributed by atoms with E-state index in [0.29, 0.717) is 11.3 Å². The van der Waals surface area contributed by atoms with Gasteiger partial charge in [-0.25, -0.2) is 0 Å². The average Bonchev–Trinajstić information content (AvgIpc) is 2.66. The summed E-state index contributed by atoms with van der Waals surface area (Å²) >= 11 is 0. The molecule has 0 fully saturated rings. The minimum absolute atomic E-state index is 0.0759. The summed E-state index contributed by atoms with van der Waals surface area (Å²) in [5, 5.41) is 14.2. The van der Waals surface area contributed by atoms with Crippen molar-refractivity contribution in [3.63, 3.8) is 0 Å². The molecule has 0 aliphatic rings. The lowest BCUT2D eigenvalue weighted by molar-refractivity contribution is -0.255. The molecule has 1 amide bonds. The Bertz CT molecular complexity index is 978. The fourth-order valence-corrected chi connectivity index (χ4v) is 3.02. The molecule has 3 aromatic carbocycles. The van der Waals surface area contributed by atoms with Crippen LogP contribution in [0.5, 0.6) is 5.75 Å². The van der Waals surface area contributed by atoms with E-state index in [2.05, 4.69) is 5.32 Å². The van der Waals surface area contributed by atoms with Crippen molar-refractivity contribution in [2.75, 3.05) is 5.32 Å². The number of hydrogen-bond acceptors (Lipinski definition) is 4. The number of carbonyl (C=O) groups is 2. The highest BCUT2D eigenvalue weighted by atomic mass is 16.5. The number of aryl methyl sites for hydroxylation is 2. The number of carbonyl (C=O) groups excluding carboxylic acids is 2. The highest BCUT2D eigenvalue weighted by molar-refractivity contribution is 5.95. The number of aromatic carboxylic acids is 1. The van der Waals surface area contributed by atoms with Crippen LogP contribution in [0.15, 0.2) is 72.8 Å². The maximum absolute atomic E-state index is 13.0. The summed E-state index contributed by atoms with van der Waals surface area (Å²) in [6.45, 7) is 3.90. The SMILES string of the molecule is Cc1cc(C)cc(NC(=O)[C@H](Oc2ccccc2C(=O)[O-])c2ccccc2)c1. The lowest BCUT2D eigenvalue weighted by Gasteiger charge is -2.21. The zero-order valence-corrected chi connectivity index (χ0v) is 15.6. The molecule has 0 aliphatic heterocycles. The van der Waals surface area contributed by atoms with Crippen LogP contribution in [-0.2, 0) is 4.79 Å². The van der Waals surface area contributed by atoms with Crippen molar-refractivity contribution < 1.29 is 19.4 Å². The molecule has 0 heterocycles. The van der Waals surface area contributed by atoms with Crippen LogP contribution in [-0.4, -0.2) is 11.9 Å². The Morgan fingerprint density at radius 1 is 0.893 bits per heavy atom. The highest BCUT2D eigenvalue weighted by Gasteiger charge is 2.24. The molecule has 28 heavy (non-hydrogen) atoms. The Kier molecular flexibility index (Phi) is 5.75. The third-order valence-electron chi connectivity index (χ3n) is 4.18. The normalized spacial score (nSPS) is 11.5. The van der Waals surface area contributed by atoms with E-state index >= 15 is 0 Å². The van der Waals surface area contributed by atoms with Gasteiger partial charge in [0.25, 0.3) is 5.91 Å². The van der Waals surface area contributed by atoms with Crippen LogP contribution in [0.1, 0.15) is 33.2 Å². The van der Waals surface area contributed by atoms with Crippen molar-refractivity contribution in [1.82, 2.24) is 0 Å². The number of rotatable bonds is 6. The second kappa shape index (κ2) is 8.39. The first-order valence-electron chi connectivity index (χ1n) is 8.85. The molecule has 0 saturated heterocycles. The summed E-state index contributed by atoms with van der Waals surface area (Å²) in [7, 11) is 0. The van der Waals surface area contributed by atoms with Crippen molar-refractivity contribution >= 4 is 17.6 Å². The van der Waals surface area contributed by atoms with Gasteiger partial charge in [-0.2, -0.15) is 0 Å². The van der Waals surface area contributed by atoms with Crippen LogP contribution in [0, 0.1) is 13.8 Å². The fraction of sp³-hybridized carbons (Fsp3) is 0.130. The molecule has 0 aromatic heterocycles. The average molecular weight is 374 g/mol. The first-order valence-corrected chi connectivity index (χ1v) is 8.85. The van der Waals surface area contributed by atoms with Crippen LogP contribution in [0.2, 0.25) is 0 Å². The number of amides is 1. The molecule has 1 atom stereocenters. The highest BCUT2D eigenvalue weighted by Crippen LogP contribution is 2.27. The molecule has 5 heteroatoms. The molecule has 142 valence electrons. The van der Waals surface area contributed by atoms with Crippen LogP contribution in [0.25, 0.3) is 0 Å². The summed E-state index contributed by atoms with van der Waals surface area (Å²) in [6.07, 6.45) is -1.03. The lowest BCUT2D eigenvalue weighted by Crippen LogP contribution is -2.28. The Morgan fingerprint density at radius 3 is 2.14 bits per heavy atom. The monoisotopic (exact) mass is 374 g/mol. The van der Waals surface area contributed by atoms with Crippen molar-refractivity contribution in [3.8, 4) is 5.75 Å². The maximum atomic E-state index is 13.0. The number of carboxylic acids is 1. The number of carboxylic acid groups (broad SMARTS) is 1. The molecule has 1 N–H and O–H groups in total. The zero-order valence-electron chi connectivity index (χ0n) is 15.6. The van der Waals surface area contributed by atoms with Crippen molar-refractivity contribution in [2.24, 2.45) is 0 Å². The molecule has 0 aliphatic carbocycles.